The summed E-state index contributed by atoms with van der Waals surface area (Å²) in [5.74, 6) is -1.43. The third-order valence-corrected chi connectivity index (χ3v) is 3.08. The van der Waals surface area contributed by atoms with E-state index in [-0.39, 0.29) is 17.7 Å². The number of hydrogen-bond donors (Lipinski definition) is 2. The molecule has 1 amide bonds. The molecule has 0 bridgehead atoms. The van der Waals surface area contributed by atoms with Crippen molar-refractivity contribution in [2.75, 3.05) is 13.2 Å². The van der Waals surface area contributed by atoms with E-state index in [1.54, 1.807) is 0 Å². The standard InChI is InChI=1S/C11H19NO4/c1-3-7(2)9(11(14)15)12-10(13)8-4-5-16-6-8/h7-9H,3-6H2,1-2H3,(H,12,13)(H,14,15)/t7-,8-,9+/m0/s1. The van der Waals surface area contributed by atoms with Crippen LogP contribution < -0.4 is 5.32 Å². The Morgan fingerprint density at radius 1 is 1.56 bits per heavy atom. The number of aliphatic carboxylic acids is 1. The molecule has 92 valence electrons. The summed E-state index contributed by atoms with van der Waals surface area (Å²) in [6.45, 7) is 4.72. The molecule has 1 aliphatic rings. The minimum Gasteiger partial charge on any atom is -0.480 e. The summed E-state index contributed by atoms with van der Waals surface area (Å²) in [6, 6.07) is -0.793. The molecule has 0 unspecified atom stereocenters. The van der Waals surface area contributed by atoms with Crippen LogP contribution in [-0.2, 0) is 14.3 Å². The summed E-state index contributed by atoms with van der Waals surface area (Å²) < 4.78 is 5.10. The fraction of sp³-hybridized carbons (Fsp3) is 0.818. The summed E-state index contributed by atoms with van der Waals surface area (Å²) in [7, 11) is 0. The Bertz CT molecular complexity index is 261. The Morgan fingerprint density at radius 2 is 2.25 bits per heavy atom. The maximum atomic E-state index is 11.7. The van der Waals surface area contributed by atoms with Crippen molar-refractivity contribution in [1.29, 1.82) is 0 Å². The molecule has 5 nitrogen and oxygen atoms in total. The molecule has 0 radical (unpaired) electrons. The first-order valence-electron chi connectivity index (χ1n) is 5.67. The molecule has 1 rings (SSSR count). The molecule has 1 saturated heterocycles. The van der Waals surface area contributed by atoms with E-state index in [0.717, 1.165) is 6.42 Å². The summed E-state index contributed by atoms with van der Waals surface area (Å²) in [4.78, 5) is 22.7. The van der Waals surface area contributed by atoms with Crippen LogP contribution in [0.25, 0.3) is 0 Å². The molecule has 1 heterocycles. The Balaban J connectivity index is 2.53. The van der Waals surface area contributed by atoms with Gasteiger partial charge in [-0.2, -0.15) is 0 Å². The van der Waals surface area contributed by atoms with Gasteiger partial charge in [0.1, 0.15) is 6.04 Å². The van der Waals surface area contributed by atoms with Crippen molar-refractivity contribution in [3.05, 3.63) is 0 Å². The van der Waals surface area contributed by atoms with Gasteiger partial charge in [0.2, 0.25) is 5.91 Å². The van der Waals surface area contributed by atoms with Gasteiger partial charge in [-0.1, -0.05) is 20.3 Å². The van der Waals surface area contributed by atoms with Crippen LogP contribution in [0.5, 0.6) is 0 Å². The maximum Gasteiger partial charge on any atom is 0.326 e. The van der Waals surface area contributed by atoms with E-state index in [1.165, 1.54) is 0 Å². The zero-order chi connectivity index (χ0) is 12.1. The van der Waals surface area contributed by atoms with Crippen molar-refractivity contribution < 1.29 is 19.4 Å². The summed E-state index contributed by atoms with van der Waals surface area (Å²) in [6.07, 6.45) is 1.40. The van der Waals surface area contributed by atoms with E-state index in [1.807, 2.05) is 13.8 Å². The van der Waals surface area contributed by atoms with Crippen LogP contribution in [0.2, 0.25) is 0 Å². The van der Waals surface area contributed by atoms with Crippen molar-refractivity contribution in [1.82, 2.24) is 5.32 Å². The maximum absolute atomic E-state index is 11.7. The zero-order valence-electron chi connectivity index (χ0n) is 9.73. The second kappa shape index (κ2) is 5.84. The van der Waals surface area contributed by atoms with Gasteiger partial charge in [0, 0.05) is 6.61 Å². The smallest absolute Gasteiger partial charge is 0.326 e. The highest BCUT2D eigenvalue weighted by Gasteiger charge is 2.30. The van der Waals surface area contributed by atoms with Crippen LogP contribution >= 0.6 is 0 Å². The minimum absolute atomic E-state index is 0.0660. The third kappa shape index (κ3) is 3.20. The van der Waals surface area contributed by atoms with Gasteiger partial charge in [0.05, 0.1) is 12.5 Å². The van der Waals surface area contributed by atoms with Crippen LogP contribution in [-0.4, -0.2) is 36.2 Å². The van der Waals surface area contributed by atoms with E-state index in [0.29, 0.717) is 19.6 Å². The minimum atomic E-state index is -0.971. The first-order chi connectivity index (χ1) is 7.56. The number of hydrogen-bond acceptors (Lipinski definition) is 3. The first-order valence-corrected chi connectivity index (χ1v) is 5.67. The van der Waals surface area contributed by atoms with Crippen molar-refractivity contribution >= 4 is 11.9 Å². The predicted octanol–water partition coefficient (Wildman–Crippen LogP) is 0.638. The van der Waals surface area contributed by atoms with E-state index < -0.39 is 12.0 Å². The normalized spacial score (nSPS) is 23.8. The number of carboxylic acid groups (broad SMARTS) is 1. The van der Waals surface area contributed by atoms with Crippen LogP contribution in [0.15, 0.2) is 0 Å². The lowest BCUT2D eigenvalue weighted by Gasteiger charge is -2.21. The van der Waals surface area contributed by atoms with E-state index in [4.69, 9.17) is 9.84 Å². The molecule has 0 aromatic rings. The van der Waals surface area contributed by atoms with Gasteiger partial charge in [0.25, 0.3) is 0 Å². The van der Waals surface area contributed by atoms with Gasteiger partial charge >= 0.3 is 5.97 Å². The SMILES string of the molecule is CC[C@H](C)[C@@H](NC(=O)[C@H]1CCOC1)C(=O)O. The fourth-order valence-electron chi connectivity index (χ4n) is 1.70. The van der Waals surface area contributed by atoms with Gasteiger partial charge in [-0.05, 0) is 12.3 Å². The second-order valence-corrected chi connectivity index (χ2v) is 4.27. The van der Waals surface area contributed by atoms with Crippen LogP contribution in [0.3, 0.4) is 0 Å². The zero-order valence-corrected chi connectivity index (χ0v) is 9.73. The topological polar surface area (TPSA) is 75.6 Å². The average Bonchev–Trinajstić information content (AvgIpc) is 2.77. The number of carbonyl (C=O) groups is 2. The molecule has 0 aliphatic carbocycles. The largest absolute Gasteiger partial charge is 0.480 e. The molecule has 0 spiro atoms. The average molecular weight is 229 g/mol. The number of carboxylic acids is 1. The molecule has 5 heteroatoms. The van der Waals surface area contributed by atoms with Gasteiger partial charge in [-0.15, -0.1) is 0 Å². The number of amides is 1. The highest BCUT2D eigenvalue weighted by molar-refractivity contribution is 5.85. The Kier molecular flexibility index (Phi) is 4.73. The summed E-state index contributed by atoms with van der Waals surface area (Å²) in [5, 5.41) is 11.6. The Morgan fingerprint density at radius 3 is 2.69 bits per heavy atom. The molecule has 2 N–H and O–H groups in total. The quantitative estimate of drug-likeness (QED) is 0.725. The van der Waals surface area contributed by atoms with E-state index in [9.17, 15) is 9.59 Å². The van der Waals surface area contributed by atoms with Crippen LogP contribution in [0, 0.1) is 11.8 Å². The lowest BCUT2D eigenvalue weighted by atomic mass is 9.98. The molecular weight excluding hydrogens is 210 g/mol. The van der Waals surface area contributed by atoms with E-state index in [2.05, 4.69) is 5.32 Å². The molecule has 0 aromatic heterocycles. The van der Waals surface area contributed by atoms with E-state index >= 15 is 0 Å². The second-order valence-electron chi connectivity index (χ2n) is 4.27. The number of rotatable bonds is 5. The van der Waals surface area contributed by atoms with Gasteiger partial charge in [-0.3, -0.25) is 4.79 Å². The van der Waals surface area contributed by atoms with Crippen LogP contribution in [0.4, 0.5) is 0 Å². The Labute approximate surface area is 95.2 Å². The number of ether oxygens (including phenoxy) is 1. The highest BCUT2D eigenvalue weighted by Crippen LogP contribution is 2.14. The molecule has 0 aromatic carbocycles. The lowest BCUT2D eigenvalue weighted by Crippen LogP contribution is -2.47. The summed E-state index contributed by atoms with van der Waals surface area (Å²) in [5.41, 5.74) is 0. The molecule has 1 aliphatic heterocycles. The Hall–Kier alpha value is -1.10. The van der Waals surface area contributed by atoms with Gasteiger partial charge < -0.3 is 15.2 Å². The molecule has 1 fully saturated rings. The molecule has 16 heavy (non-hydrogen) atoms. The molecular formula is C11H19NO4. The predicted molar refractivity (Wildman–Crippen MR) is 57.9 cm³/mol. The third-order valence-electron chi connectivity index (χ3n) is 3.08. The first kappa shape index (κ1) is 13.0. The fourth-order valence-corrected chi connectivity index (χ4v) is 1.70. The highest BCUT2D eigenvalue weighted by atomic mass is 16.5. The van der Waals surface area contributed by atoms with Crippen LogP contribution in [0.1, 0.15) is 26.7 Å². The van der Waals surface area contributed by atoms with Crippen molar-refractivity contribution in [3.63, 3.8) is 0 Å². The number of nitrogens with one attached hydrogen (secondary N) is 1. The van der Waals surface area contributed by atoms with Crippen molar-refractivity contribution in [3.8, 4) is 0 Å². The van der Waals surface area contributed by atoms with Crippen molar-refractivity contribution in [2.24, 2.45) is 11.8 Å². The van der Waals surface area contributed by atoms with Gasteiger partial charge in [0.15, 0.2) is 0 Å². The number of carbonyl (C=O) groups excluding carboxylic acids is 1. The molecule has 3 atom stereocenters. The lowest BCUT2D eigenvalue weighted by molar-refractivity contribution is -0.144. The van der Waals surface area contributed by atoms with Crippen molar-refractivity contribution in [2.45, 2.75) is 32.7 Å². The molecule has 0 saturated carbocycles. The van der Waals surface area contributed by atoms with Gasteiger partial charge in [-0.25, -0.2) is 4.79 Å². The monoisotopic (exact) mass is 229 g/mol. The summed E-state index contributed by atoms with van der Waals surface area (Å²) >= 11 is 0.